The monoisotopic (exact) mass is 308 g/mol. The van der Waals surface area contributed by atoms with Gasteiger partial charge >= 0.3 is 0 Å². The topological polar surface area (TPSA) is 54.4 Å². The fourth-order valence-corrected chi connectivity index (χ4v) is 2.80. The minimum Gasteiger partial charge on any atom is -0.491 e. The van der Waals surface area contributed by atoms with Crippen molar-refractivity contribution in [2.45, 2.75) is 13.0 Å². The van der Waals surface area contributed by atoms with Crippen LogP contribution in [0.1, 0.15) is 6.92 Å². The van der Waals surface area contributed by atoms with E-state index in [1.807, 2.05) is 12.1 Å². The maximum atomic E-state index is 10.1. The lowest BCUT2D eigenvalue weighted by atomic mass is 10.2. The highest BCUT2D eigenvalue weighted by atomic mass is 16.7. The Hall–Kier alpha value is -1.50. The highest BCUT2D eigenvalue weighted by molar-refractivity contribution is 5.46. The summed E-state index contributed by atoms with van der Waals surface area (Å²) in [6, 6.07) is 5.46. The molecule has 1 N–H and O–H groups in total. The Labute approximate surface area is 131 Å². The first-order valence-corrected chi connectivity index (χ1v) is 7.90. The molecule has 122 valence electrons. The molecule has 2 heterocycles. The Bertz CT molecular complexity index is 489. The summed E-state index contributed by atoms with van der Waals surface area (Å²) in [5.41, 5.74) is 0. The number of hydrogen-bond acceptors (Lipinski definition) is 6. The standard InChI is InChI=1S/C16H24N2O4/c1-2-17-5-7-18(8-6-17)10-13(19)11-20-14-3-4-15-16(9-14)22-12-21-15/h3-4,9,13,19H,2,5-8,10-12H2,1H3. The first-order valence-electron chi connectivity index (χ1n) is 7.90. The van der Waals surface area contributed by atoms with Gasteiger partial charge in [-0.2, -0.15) is 0 Å². The summed E-state index contributed by atoms with van der Waals surface area (Å²) >= 11 is 0. The van der Waals surface area contributed by atoms with E-state index in [0.29, 0.717) is 18.0 Å². The Morgan fingerprint density at radius 2 is 1.86 bits per heavy atom. The molecule has 1 atom stereocenters. The number of nitrogens with zero attached hydrogens (tertiary/aromatic N) is 2. The van der Waals surface area contributed by atoms with Crippen LogP contribution >= 0.6 is 0 Å². The van der Waals surface area contributed by atoms with Crippen molar-refractivity contribution < 1.29 is 19.3 Å². The van der Waals surface area contributed by atoms with Gasteiger partial charge in [-0.3, -0.25) is 4.90 Å². The molecule has 6 nitrogen and oxygen atoms in total. The lowest BCUT2D eigenvalue weighted by Crippen LogP contribution is -2.49. The number of piperazine rings is 1. The maximum Gasteiger partial charge on any atom is 0.231 e. The van der Waals surface area contributed by atoms with Gasteiger partial charge in [0.05, 0.1) is 0 Å². The smallest absolute Gasteiger partial charge is 0.231 e. The van der Waals surface area contributed by atoms with Gasteiger partial charge in [0.15, 0.2) is 11.5 Å². The van der Waals surface area contributed by atoms with Crippen molar-refractivity contribution in [2.24, 2.45) is 0 Å². The second kappa shape index (κ2) is 7.17. The minimum absolute atomic E-state index is 0.255. The molecular formula is C16H24N2O4. The van der Waals surface area contributed by atoms with Crippen molar-refractivity contribution in [3.8, 4) is 17.2 Å². The van der Waals surface area contributed by atoms with Gasteiger partial charge in [0.1, 0.15) is 18.5 Å². The zero-order chi connectivity index (χ0) is 15.4. The molecule has 1 unspecified atom stereocenters. The first-order chi connectivity index (χ1) is 10.7. The van der Waals surface area contributed by atoms with E-state index in [0.717, 1.165) is 38.5 Å². The Kier molecular flexibility index (Phi) is 5.02. The SMILES string of the molecule is CCN1CCN(CC(O)COc2ccc3c(c2)OCO3)CC1. The summed E-state index contributed by atoms with van der Waals surface area (Å²) in [6.45, 7) is 8.65. The molecule has 0 amide bonds. The van der Waals surface area contributed by atoms with Crippen molar-refractivity contribution in [1.29, 1.82) is 0 Å². The van der Waals surface area contributed by atoms with E-state index in [9.17, 15) is 5.11 Å². The van der Waals surface area contributed by atoms with E-state index in [2.05, 4.69) is 16.7 Å². The predicted molar refractivity (Wildman–Crippen MR) is 82.6 cm³/mol. The highest BCUT2D eigenvalue weighted by Gasteiger charge is 2.19. The predicted octanol–water partition coefficient (Wildman–Crippen LogP) is 0.792. The highest BCUT2D eigenvalue weighted by Crippen LogP contribution is 2.35. The van der Waals surface area contributed by atoms with E-state index in [1.54, 1.807) is 6.07 Å². The molecular weight excluding hydrogens is 284 g/mol. The van der Waals surface area contributed by atoms with Gasteiger partial charge in [0.2, 0.25) is 6.79 Å². The fraction of sp³-hybridized carbons (Fsp3) is 0.625. The third-order valence-electron chi connectivity index (χ3n) is 4.17. The van der Waals surface area contributed by atoms with Crippen molar-refractivity contribution in [3.05, 3.63) is 18.2 Å². The van der Waals surface area contributed by atoms with Gasteiger partial charge in [-0.25, -0.2) is 0 Å². The summed E-state index contributed by atoms with van der Waals surface area (Å²) in [4.78, 5) is 4.71. The number of aliphatic hydroxyl groups is 1. The molecule has 0 aromatic heterocycles. The van der Waals surface area contributed by atoms with Crippen LogP contribution in [0.3, 0.4) is 0 Å². The molecule has 2 aliphatic rings. The van der Waals surface area contributed by atoms with Crippen LogP contribution in [0.25, 0.3) is 0 Å². The molecule has 2 aliphatic heterocycles. The van der Waals surface area contributed by atoms with Crippen LogP contribution in [0.15, 0.2) is 18.2 Å². The van der Waals surface area contributed by atoms with Gasteiger partial charge in [-0.1, -0.05) is 6.92 Å². The molecule has 0 aliphatic carbocycles. The Morgan fingerprint density at radius 1 is 1.14 bits per heavy atom. The Morgan fingerprint density at radius 3 is 2.64 bits per heavy atom. The van der Waals surface area contributed by atoms with E-state index in [-0.39, 0.29) is 13.4 Å². The van der Waals surface area contributed by atoms with Crippen molar-refractivity contribution in [2.75, 3.05) is 52.7 Å². The second-order valence-electron chi connectivity index (χ2n) is 5.71. The van der Waals surface area contributed by atoms with Crippen LogP contribution in [0, 0.1) is 0 Å². The van der Waals surface area contributed by atoms with Crippen molar-refractivity contribution in [3.63, 3.8) is 0 Å². The molecule has 3 rings (SSSR count). The molecule has 0 radical (unpaired) electrons. The summed E-state index contributed by atoms with van der Waals surface area (Å²) in [5, 5.41) is 10.1. The molecule has 1 fully saturated rings. The zero-order valence-electron chi connectivity index (χ0n) is 13.0. The van der Waals surface area contributed by atoms with E-state index < -0.39 is 6.10 Å². The lowest BCUT2D eigenvalue weighted by Gasteiger charge is -2.34. The molecule has 0 saturated carbocycles. The van der Waals surface area contributed by atoms with Crippen LogP contribution in [0.4, 0.5) is 0 Å². The van der Waals surface area contributed by atoms with Crippen molar-refractivity contribution in [1.82, 2.24) is 9.80 Å². The number of hydrogen-bond donors (Lipinski definition) is 1. The van der Waals surface area contributed by atoms with E-state index in [4.69, 9.17) is 14.2 Å². The van der Waals surface area contributed by atoms with Crippen LogP contribution in [0.5, 0.6) is 17.2 Å². The van der Waals surface area contributed by atoms with Crippen LogP contribution in [-0.2, 0) is 0 Å². The van der Waals surface area contributed by atoms with Crippen LogP contribution < -0.4 is 14.2 Å². The lowest BCUT2D eigenvalue weighted by molar-refractivity contribution is 0.0470. The van der Waals surface area contributed by atoms with Crippen molar-refractivity contribution >= 4 is 0 Å². The third-order valence-corrected chi connectivity index (χ3v) is 4.17. The zero-order valence-corrected chi connectivity index (χ0v) is 13.0. The number of rotatable bonds is 6. The number of β-amino-alcohol motifs (C(OH)–C–C–N with tert-alkyl or cyclic N) is 1. The molecule has 0 bridgehead atoms. The second-order valence-corrected chi connectivity index (χ2v) is 5.71. The molecule has 1 saturated heterocycles. The fourth-order valence-electron chi connectivity index (χ4n) is 2.80. The summed E-state index contributed by atoms with van der Waals surface area (Å²) < 4.78 is 16.2. The molecule has 6 heteroatoms. The average molecular weight is 308 g/mol. The number of benzene rings is 1. The average Bonchev–Trinajstić information content (AvgIpc) is 3.01. The van der Waals surface area contributed by atoms with Crippen LogP contribution in [-0.4, -0.2) is 73.7 Å². The molecule has 22 heavy (non-hydrogen) atoms. The number of fused-ring (bicyclic) bond motifs is 1. The summed E-state index contributed by atoms with van der Waals surface area (Å²) in [6.07, 6.45) is -0.487. The molecule has 1 aromatic rings. The Balaban J connectivity index is 1.42. The number of likely N-dealkylation sites (N-methyl/N-ethyl adjacent to an activating group) is 1. The molecule has 1 aromatic carbocycles. The summed E-state index contributed by atoms with van der Waals surface area (Å²) in [5.74, 6) is 2.13. The van der Waals surface area contributed by atoms with Crippen LogP contribution in [0.2, 0.25) is 0 Å². The van der Waals surface area contributed by atoms with E-state index in [1.165, 1.54) is 0 Å². The normalized spacial score (nSPS) is 20.1. The van der Waals surface area contributed by atoms with E-state index >= 15 is 0 Å². The molecule has 0 spiro atoms. The van der Waals surface area contributed by atoms with Gasteiger partial charge in [0, 0.05) is 38.8 Å². The maximum absolute atomic E-state index is 10.1. The number of aliphatic hydroxyl groups excluding tert-OH is 1. The van der Waals surface area contributed by atoms with Gasteiger partial charge in [-0.05, 0) is 18.7 Å². The third kappa shape index (κ3) is 3.82. The number of ether oxygens (including phenoxy) is 3. The quantitative estimate of drug-likeness (QED) is 0.839. The summed E-state index contributed by atoms with van der Waals surface area (Å²) in [7, 11) is 0. The van der Waals surface area contributed by atoms with Gasteiger partial charge in [-0.15, -0.1) is 0 Å². The van der Waals surface area contributed by atoms with Gasteiger partial charge < -0.3 is 24.2 Å². The first kappa shape index (κ1) is 15.4. The largest absolute Gasteiger partial charge is 0.491 e. The minimum atomic E-state index is -0.487. The van der Waals surface area contributed by atoms with Gasteiger partial charge in [0.25, 0.3) is 0 Å².